The second kappa shape index (κ2) is 11.4. The molecule has 4 rings (SSSR count). The molecule has 0 bridgehead atoms. The van der Waals surface area contributed by atoms with Gasteiger partial charge < -0.3 is 10.2 Å². The van der Waals surface area contributed by atoms with E-state index in [0.29, 0.717) is 11.9 Å². The molecule has 3 saturated heterocycles. The summed E-state index contributed by atoms with van der Waals surface area (Å²) < 4.78 is 0. The third-order valence-corrected chi connectivity index (χ3v) is 6.25. The van der Waals surface area contributed by atoms with Crippen molar-refractivity contribution in [2.45, 2.75) is 31.8 Å². The Labute approximate surface area is 181 Å². The number of nitrogens with one attached hydrogen (secondary N) is 1. The van der Waals surface area contributed by atoms with E-state index >= 15 is 0 Å². The fourth-order valence-electron chi connectivity index (χ4n) is 4.79. The molecule has 7 heteroatoms. The number of piperazine rings is 1. The second-order valence-corrected chi connectivity index (χ2v) is 8.07. The van der Waals surface area contributed by atoms with Crippen molar-refractivity contribution in [3.8, 4) is 0 Å². The summed E-state index contributed by atoms with van der Waals surface area (Å²) in [4.78, 5) is 20.3. The molecule has 0 spiro atoms. The number of nitrogens with zero attached hydrogens (tertiary/aromatic N) is 3. The van der Waals surface area contributed by atoms with Crippen LogP contribution in [0.4, 0.5) is 0 Å². The van der Waals surface area contributed by atoms with E-state index in [1.54, 1.807) is 0 Å². The Kier molecular flexibility index (Phi) is 9.51. The summed E-state index contributed by atoms with van der Waals surface area (Å²) in [6.07, 6.45) is 3.34. The largest absolute Gasteiger partial charge is 0.341 e. The summed E-state index contributed by atoms with van der Waals surface area (Å²) in [6.45, 7) is 9.31. The monoisotopic (exact) mass is 428 g/mol. The molecule has 3 aliphatic heterocycles. The standard InChI is InChI=1S/C21H32N4O.2ClH/c26-21(25-12-8-20(17-25)24-13-9-22-10-14-24)19-7-4-11-23(16-19)15-18-5-2-1-3-6-18;;/h1-3,5-6,19-20,22H,4,7-17H2;2*1H. The van der Waals surface area contributed by atoms with Gasteiger partial charge in [0.15, 0.2) is 0 Å². The first kappa shape index (κ1) is 23.4. The predicted octanol–water partition coefficient (Wildman–Crippen LogP) is 2.25. The Morgan fingerprint density at radius 3 is 2.46 bits per heavy atom. The zero-order valence-electron chi connectivity index (χ0n) is 16.6. The summed E-state index contributed by atoms with van der Waals surface area (Å²) in [7, 11) is 0. The van der Waals surface area contributed by atoms with Crippen LogP contribution in [0, 0.1) is 5.92 Å². The molecule has 0 aliphatic carbocycles. The highest BCUT2D eigenvalue weighted by Gasteiger charge is 2.35. The molecule has 3 aliphatic rings. The number of halogens is 2. The molecule has 28 heavy (non-hydrogen) atoms. The lowest BCUT2D eigenvalue weighted by Gasteiger charge is -2.35. The fourth-order valence-corrected chi connectivity index (χ4v) is 4.79. The maximum Gasteiger partial charge on any atom is 0.227 e. The van der Waals surface area contributed by atoms with Crippen LogP contribution in [-0.2, 0) is 11.3 Å². The van der Waals surface area contributed by atoms with Gasteiger partial charge in [-0.15, -0.1) is 24.8 Å². The maximum atomic E-state index is 13.1. The average Bonchev–Trinajstić information content (AvgIpc) is 3.19. The highest BCUT2D eigenvalue weighted by molar-refractivity contribution is 5.85. The molecular weight excluding hydrogens is 395 g/mol. The molecule has 0 saturated carbocycles. The van der Waals surface area contributed by atoms with E-state index in [4.69, 9.17) is 0 Å². The van der Waals surface area contributed by atoms with Crippen LogP contribution in [0.25, 0.3) is 0 Å². The van der Waals surface area contributed by atoms with Gasteiger partial charge in [0.2, 0.25) is 5.91 Å². The molecule has 3 heterocycles. The zero-order valence-corrected chi connectivity index (χ0v) is 18.2. The van der Waals surface area contributed by atoms with Gasteiger partial charge in [0.05, 0.1) is 5.92 Å². The van der Waals surface area contributed by atoms with Crippen molar-refractivity contribution in [1.29, 1.82) is 0 Å². The number of carbonyl (C=O) groups is 1. The normalized spacial score (nSPS) is 26.4. The highest BCUT2D eigenvalue weighted by atomic mass is 35.5. The van der Waals surface area contributed by atoms with Crippen molar-refractivity contribution in [2.75, 3.05) is 52.4 Å². The number of hydrogen-bond acceptors (Lipinski definition) is 4. The molecule has 2 atom stereocenters. The van der Waals surface area contributed by atoms with Crippen LogP contribution in [-0.4, -0.2) is 79.0 Å². The van der Waals surface area contributed by atoms with E-state index in [2.05, 4.69) is 50.3 Å². The Morgan fingerprint density at radius 1 is 0.964 bits per heavy atom. The smallest absolute Gasteiger partial charge is 0.227 e. The number of rotatable bonds is 4. The lowest BCUT2D eigenvalue weighted by atomic mass is 9.96. The van der Waals surface area contributed by atoms with Gasteiger partial charge in [-0.05, 0) is 31.4 Å². The Hall–Kier alpha value is -0.850. The molecule has 1 N–H and O–H groups in total. The van der Waals surface area contributed by atoms with Crippen LogP contribution in [0.2, 0.25) is 0 Å². The van der Waals surface area contributed by atoms with E-state index in [1.807, 2.05) is 0 Å². The van der Waals surface area contributed by atoms with Crippen LogP contribution in [0.15, 0.2) is 30.3 Å². The van der Waals surface area contributed by atoms with Crippen LogP contribution in [0.3, 0.4) is 0 Å². The van der Waals surface area contributed by atoms with Gasteiger partial charge in [0.25, 0.3) is 0 Å². The number of hydrogen-bond donors (Lipinski definition) is 1. The fraction of sp³-hybridized carbons (Fsp3) is 0.667. The molecular formula is C21H34Cl2N4O. The third kappa shape index (κ3) is 5.83. The number of benzene rings is 1. The molecule has 158 valence electrons. The summed E-state index contributed by atoms with van der Waals surface area (Å²) in [5, 5.41) is 3.42. The van der Waals surface area contributed by atoms with E-state index in [0.717, 1.165) is 78.2 Å². The van der Waals surface area contributed by atoms with Crippen molar-refractivity contribution >= 4 is 30.7 Å². The van der Waals surface area contributed by atoms with Crippen molar-refractivity contribution in [2.24, 2.45) is 5.92 Å². The lowest BCUT2D eigenvalue weighted by molar-refractivity contribution is -0.136. The first-order valence-corrected chi connectivity index (χ1v) is 10.3. The van der Waals surface area contributed by atoms with Crippen LogP contribution < -0.4 is 5.32 Å². The first-order chi connectivity index (χ1) is 12.8. The van der Waals surface area contributed by atoms with E-state index < -0.39 is 0 Å². The van der Waals surface area contributed by atoms with Crippen molar-refractivity contribution in [3.63, 3.8) is 0 Å². The van der Waals surface area contributed by atoms with Crippen molar-refractivity contribution in [3.05, 3.63) is 35.9 Å². The van der Waals surface area contributed by atoms with E-state index in [9.17, 15) is 4.79 Å². The third-order valence-electron chi connectivity index (χ3n) is 6.25. The zero-order chi connectivity index (χ0) is 17.8. The molecule has 5 nitrogen and oxygen atoms in total. The van der Waals surface area contributed by atoms with Crippen LogP contribution >= 0.6 is 24.8 Å². The number of piperidine rings is 1. The van der Waals surface area contributed by atoms with E-state index in [-0.39, 0.29) is 30.7 Å². The summed E-state index contributed by atoms with van der Waals surface area (Å²) in [5.41, 5.74) is 1.35. The molecule has 1 aromatic rings. The first-order valence-electron chi connectivity index (χ1n) is 10.3. The molecule has 1 amide bonds. The maximum absolute atomic E-state index is 13.1. The summed E-state index contributed by atoms with van der Waals surface area (Å²) in [6, 6.07) is 11.2. The molecule has 1 aromatic carbocycles. The van der Waals surface area contributed by atoms with Crippen LogP contribution in [0.1, 0.15) is 24.8 Å². The number of likely N-dealkylation sites (tertiary alicyclic amines) is 2. The minimum Gasteiger partial charge on any atom is -0.341 e. The molecule has 3 fully saturated rings. The summed E-state index contributed by atoms with van der Waals surface area (Å²) in [5.74, 6) is 0.592. The Bertz CT molecular complexity index is 597. The number of amides is 1. The molecule has 0 radical (unpaired) electrons. The topological polar surface area (TPSA) is 38.8 Å². The average molecular weight is 429 g/mol. The van der Waals surface area contributed by atoms with Gasteiger partial charge in [0.1, 0.15) is 0 Å². The molecule has 2 unspecified atom stereocenters. The van der Waals surface area contributed by atoms with E-state index in [1.165, 1.54) is 5.56 Å². The van der Waals surface area contributed by atoms with Gasteiger partial charge in [-0.3, -0.25) is 14.6 Å². The summed E-state index contributed by atoms with van der Waals surface area (Å²) >= 11 is 0. The second-order valence-electron chi connectivity index (χ2n) is 8.07. The minimum absolute atomic E-state index is 0. The molecule has 0 aromatic heterocycles. The lowest BCUT2D eigenvalue weighted by Crippen LogP contribution is -2.50. The van der Waals surface area contributed by atoms with Crippen LogP contribution in [0.5, 0.6) is 0 Å². The van der Waals surface area contributed by atoms with Gasteiger partial charge in [0, 0.05) is 58.4 Å². The Balaban J connectivity index is 0.00000140. The highest BCUT2D eigenvalue weighted by Crippen LogP contribution is 2.24. The Morgan fingerprint density at radius 2 is 1.71 bits per heavy atom. The van der Waals surface area contributed by atoms with Crippen molar-refractivity contribution in [1.82, 2.24) is 20.0 Å². The van der Waals surface area contributed by atoms with Gasteiger partial charge in [-0.25, -0.2) is 0 Å². The van der Waals surface area contributed by atoms with Gasteiger partial charge in [-0.1, -0.05) is 30.3 Å². The van der Waals surface area contributed by atoms with Gasteiger partial charge >= 0.3 is 0 Å². The SMILES string of the molecule is Cl.Cl.O=C(C1CCCN(Cc2ccccc2)C1)N1CCC(N2CCNCC2)C1. The minimum atomic E-state index is 0. The van der Waals surface area contributed by atoms with Gasteiger partial charge in [-0.2, -0.15) is 0 Å². The number of carbonyl (C=O) groups excluding carboxylic acids is 1. The predicted molar refractivity (Wildman–Crippen MR) is 118 cm³/mol. The quantitative estimate of drug-likeness (QED) is 0.797. The van der Waals surface area contributed by atoms with Crippen molar-refractivity contribution < 1.29 is 4.79 Å².